The van der Waals surface area contributed by atoms with Gasteiger partial charge in [-0.1, -0.05) is 53.4 Å². The van der Waals surface area contributed by atoms with E-state index in [0.717, 1.165) is 11.8 Å². The van der Waals surface area contributed by atoms with Crippen LogP contribution in [0, 0.1) is 11.8 Å². The maximum absolute atomic E-state index is 2.37. The van der Waals surface area contributed by atoms with Gasteiger partial charge in [0, 0.05) is 0 Å². The maximum atomic E-state index is 2.37. The SMILES string of the molecule is CC.CCCCCC1C[C@H]1C. The summed E-state index contributed by atoms with van der Waals surface area (Å²) in [5.41, 5.74) is 0. The molecule has 1 aliphatic rings. The minimum absolute atomic E-state index is 1.07. The van der Waals surface area contributed by atoms with E-state index in [4.69, 9.17) is 0 Å². The predicted octanol–water partition coefficient (Wildman–Crippen LogP) is 4.25. The summed E-state index contributed by atoms with van der Waals surface area (Å²) in [5, 5.41) is 0. The van der Waals surface area contributed by atoms with Gasteiger partial charge in [-0.2, -0.15) is 0 Å². The van der Waals surface area contributed by atoms with E-state index in [0.29, 0.717) is 0 Å². The average molecular weight is 156 g/mol. The van der Waals surface area contributed by atoms with Gasteiger partial charge >= 0.3 is 0 Å². The lowest BCUT2D eigenvalue weighted by Crippen LogP contribution is -1.79. The lowest BCUT2D eigenvalue weighted by molar-refractivity contribution is 0.595. The fourth-order valence-corrected chi connectivity index (χ4v) is 1.46. The van der Waals surface area contributed by atoms with Crippen molar-refractivity contribution in [3.8, 4) is 0 Å². The van der Waals surface area contributed by atoms with Crippen LogP contribution in [0.5, 0.6) is 0 Å². The summed E-state index contributed by atoms with van der Waals surface area (Å²) in [7, 11) is 0. The van der Waals surface area contributed by atoms with Gasteiger partial charge in [0.25, 0.3) is 0 Å². The van der Waals surface area contributed by atoms with Crippen LogP contribution in [0.15, 0.2) is 0 Å². The van der Waals surface area contributed by atoms with Crippen molar-refractivity contribution in [3.63, 3.8) is 0 Å². The molecule has 1 rings (SSSR count). The first-order valence-electron chi connectivity index (χ1n) is 5.34. The summed E-state index contributed by atoms with van der Waals surface area (Å²) < 4.78 is 0. The molecule has 0 aromatic rings. The Hall–Kier alpha value is 0. The molecule has 1 saturated carbocycles. The Kier molecular flexibility index (Phi) is 6.69. The highest BCUT2D eigenvalue weighted by molar-refractivity contribution is 4.81. The zero-order valence-electron chi connectivity index (χ0n) is 8.69. The van der Waals surface area contributed by atoms with Crippen molar-refractivity contribution < 1.29 is 0 Å². The average Bonchev–Trinajstić information content (AvgIpc) is 2.72. The van der Waals surface area contributed by atoms with Gasteiger partial charge in [0.15, 0.2) is 0 Å². The molecule has 1 fully saturated rings. The van der Waals surface area contributed by atoms with Crippen molar-refractivity contribution in [2.75, 3.05) is 0 Å². The van der Waals surface area contributed by atoms with E-state index >= 15 is 0 Å². The molecule has 0 amide bonds. The van der Waals surface area contributed by atoms with Crippen molar-refractivity contribution in [2.45, 2.75) is 59.8 Å². The second-order valence-corrected chi connectivity index (χ2v) is 3.47. The molecule has 0 aliphatic heterocycles. The Bertz CT molecular complexity index is 76.1. The Labute approximate surface area is 72.4 Å². The van der Waals surface area contributed by atoms with Gasteiger partial charge in [-0.15, -0.1) is 0 Å². The summed E-state index contributed by atoms with van der Waals surface area (Å²) in [6, 6.07) is 0. The highest BCUT2D eigenvalue weighted by Crippen LogP contribution is 2.41. The summed E-state index contributed by atoms with van der Waals surface area (Å²) in [6.07, 6.45) is 7.33. The van der Waals surface area contributed by atoms with Gasteiger partial charge in [0.1, 0.15) is 0 Å². The fourth-order valence-electron chi connectivity index (χ4n) is 1.46. The van der Waals surface area contributed by atoms with Gasteiger partial charge in [-0.25, -0.2) is 0 Å². The van der Waals surface area contributed by atoms with Crippen LogP contribution in [0.2, 0.25) is 0 Å². The van der Waals surface area contributed by atoms with Crippen LogP contribution >= 0.6 is 0 Å². The minimum Gasteiger partial charge on any atom is -0.0683 e. The van der Waals surface area contributed by atoms with Gasteiger partial charge in [0.05, 0.1) is 0 Å². The van der Waals surface area contributed by atoms with Crippen molar-refractivity contribution in [3.05, 3.63) is 0 Å². The maximum Gasteiger partial charge on any atom is -0.0386 e. The molecule has 2 atom stereocenters. The monoisotopic (exact) mass is 156 g/mol. The van der Waals surface area contributed by atoms with Crippen molar-refractivity contribution in [2.24, 2.45) is 11.8 Å². The summed E-state index contributed by atoms with van der Waals surface area (Å²) >= 11 is 0. The number of hydrogen-bond donors (Lipinski definition) is 0. The summed E-state index contributed by atoms with van der Waals surface area (Å²) in [5.74, 6) is 2.19. The molecule has 0 N–H and O–H groups in total. The predicted molar refractivity (Wildman–Crippen MR) is 52.8 cm³/mol. The first-order chi connectivity index (χ1) is 5.34. The van der Waals surface area contributed by atoms with Crippen molar-refractivity contribution in [1.29, 1.82) is 0 Å². The Morgan fingerprint density at radius 2 is 1.73 bits per heavy atom. The molecule has 0 spiro atoms. The highest BCUT2D eigenvalue weighted by atomic mass is 14.4. The van der Waals surface area contributed by atoms with Crippen molar-refractivity contribution >= 4 is 0 Å². The quantitative estimate of drug-likeness (QED) is 0.534. The third-order valence-corrected chi connectivity index (χ3v) is 2.45. The zero-order chi connectivity index (χ0) is 8.69. The minimum atomic E-state index is 1.07. The number of unbranched alkanes of at least 4 members (excludes halogenated alkanes) is 2. The van der Waals surface area contributed by atoms with E-state index in [-0.39, 0.29) is 0 Å². The second kappa shape index (κ2) is 6.69. The van der Waals surface area contributed by atoms with Crippen LogP contribution in [0.4, 0.5) is 0 Å². The first kappa shape index (κ1) is 11.0. The Morgan fingerprint density at radius 3 is 2.09 bits per heavy atom. The van der Waals surface area contributed by atoms with Crippen LogP contribution < -0.4 is 0 Å². The lowest BCUT2D eigenvalue weighted by atomic mass is 10.1. The molecule has 0 heterocycles. The third-order valence-electron chi connectivity index (χ3n) is 2.45. The van der Waals surface area contributed by atoms with E-state index in [1.807, 2.05) is 13.8 Å². The van der Waals surface area contributed by atoms with Gasteiger partial charge in [0.2, 0.25) is 0 Å². The Balaban J connectivity index is 0.000000461. The molecule has 0 nitrogen and oxygen atoms in total. The molecular weight excluding hydrogens is 132 g/mol. The van der Waals surface area contributed by atoms with E-state index < -0.39 is 0 Å². The number of hydrogen-bond acceptors (Lipinski definition) is 0. The molecule has 0 aromatic heterocycles. The fraction of sp³-hybridized carbons (Fsp3) is 1.00. The summed E-state index contributed by atoms with van der Waals surface area (Å²) in [6.45, 7) is 8.65. The molecule has 1 unspecified atom stereocenters. The number of rotatable bonds is 4. The molecule has 0 bridgehead atoms. The lowest BCUT2D eigenvalue weighted by Gasteiger charge is -1.94. The molecule has 0 aromatic carbocycles. The smallest absolute Gasteiger partial charge is 0.0386 e. The van der Waals surface area contributed by atoms with Gasteiger partial charge in [-0.3, -0.25) is 0 Å². The van der Waals surface area contributed by atoms with Gasteiger partial charge < -0.3 is 0 Å². The molecule has 0 saturated heterocycles. The van der Waals surface area contributed by atoms with E-state index in [9.17, 15) is 0 Å². The standard InChI is InChI=1S/C9H18.C2H6/c1-3-4-5-6-9-7-8(9)2;1-2/h8-9H,3-7H2,1-2H3;1-2H3/t8-,9?;/m1./s1. The molecule has 11 heavy (non-hydrogen) atoms. The van der Waals surface area contributed by atoms with Crippen LogP contribution in [0.25, 0.3) is 0 Å². The first-order valence-corrected chi connectivity index (χ1v) is 5.34. The van der Waals surface area contributed by atoms with Crippen LogP contribution in [0.1, 0.15) is 59.8 Å². The molecule has 1 aliphatic carbocycles. The van der Waals surface area contributed by atoms with E-state index in [1.54, 1.807) is 0 Å². The molecule has 0 heteroatoms. The van der Waals surface area contributed by atoms with E-state index in [1.165, 1.54) is 32.1 Å². The topological polar surface area (TPSA) is 0 Å². The van der Waals surface area contributed by atoms with Crippen LogP contribution in [0.3, 0.4) is 0 Å². The largest absolute Gasteiger partial charge is 0.0683 e. The van der Waals surface area contributed by atoms with Crippen LogP contribution in [-0.4, -0.2) is 0 Å². The summed E-state index contributed by atoms with van der Waals surface area (Å²) in [4.78, 5) is 0. The molecule has 0 radical (unpaired) electrons. The van der Waals surface area contributed by atoms with Crippen molar-refractivity contribution in [1.82, 2.24) is 0 Å². The molecular formula is C11H24. The third kappa shape index (κ3) is 5.29. The van der Waals surface area contributed by atoms with Gasteiger partial charge in [-0.05, 0) is 18.3 Å². The van der Waals surface area contributed by atoms with E-state index in [2.05, 4.69) is 13.8 Å². The zero-order valence-corrected chi connectivity index (χ0v) is 8.69. The van der Waals surface area contributed by atoms with Crippen LogP contribution in [-0.2, 0) is 0 Å². The second-order valence-electron chi connectivity index (χ2n) is 3.47. The molecule has 68 valence electrons. The Morgan fingerprint density at radius 1 is 1.18 bits per heavy atom. The normalized spacial score (nSPS) is 27.3. The highest BCUT2D eigenvalue weighted by Gasteiger charge is 2.30.